The first-order valence-corrected chi connectivity index (χ1v) is 38.7. The monoisotopic (exact) mass is 1460 g/mol. The van der Waals surface area contributed by atoms with Crippen LogP contribution in [-0.4, -0.2) is 19.1 Å². The summed E-state index contributed by atoms with van der Waals surface area (Å²) in [4.78, 5) is 14.8. The van der Waals surface area contributed by atoms with E-state index in [0.717, 1.165) is 178 Å². The van der Waals surface area contributed by atoms with E-state index < -0.39 is 0 Å². The normalized spacial score (nSPS) is 11.7. The van der Waals surface area contributed by atoms with Gasteiger partial charge in [-0.3, -0.25) is 0 Å². The van der Waals surface area contributed by atoms with E-state index in [1.165, 1.54) is 21.7 Å². The van der Waals surface area contributed by atoms with Crippen molar-refractivity contribution in [1.29, 1.82) is 0 Å². The van der Waals surface area contributed by atoms with Crippen LogP contribution in [0.15, 0.2) is 421 Å². The number of para-hydroxylation sites is 3. The summed E-state index contributed by atoms with van der Waals surface area (Å²) < 4.78 is 17.8. The molecule has 0 aliphatic heterocycles. The molecule has 0 saturated carbocycles. The molecular formula is C106H68N6O2. The van der Waals surface area contributed by atoms with Crippen molar-refractivity contribution in [1.82, 2.24) is 19.1 Å². The number of oxazole rings is 2. The Labute approximate surface area is 657 Å². The van der Waals surface area contributed by atoms with Gasteiger partial charge in [-0.25, -0.2) is 9.97 Å². The van der Waals surface area contributed by atoms with E-state index in [1.54, 1.807) is 0 Å². The molecule has 0 spiro atoms. The summed E-state index contributed by atoms with van der Waals surface area (Å²) >= 11 is 0. The Morgan fingerprint density at radius 3 is 1.13 bits per heavy atom. The lowest BCUT2D eigenvalue weighted by atomic mass is 9.97. The molecule has 22 rings (SSSR count). The topological polar surface area (TPSA) is 68.4 Å². The van der Waals surface area contributed by atoms with Gasteiger partial charge in [0, 0.05) is 88.9 Å². The van der Waals surface area contributed by atoms with Gasteiger partial charge in [-0.05, 0) is 230 Å². The van der Waals surface area contributed by atoms with Gasteiger partial charge in [-0.1, -0.05) is 249 Å². The molecule has 0 bridgehead atoms. The number of nitrogens with zero attached hydrogens (tertiary/aromatic N) is 6. The van der Waals surface area contributed by atoms with E-state index in [-0.39, 0.29) is 0 Å². The van der Waals surface area contributed by atoms with Crippen LogP contribution >= 0.6 is 0 Å². The van der Waals surface area contributed by atoms with E-state index in [9.17, 15) is 0 Å². The average molecular weight is 1460 g/mol. The zero-order valence-corrected chi connectivity index (χ0v) is 61.8. The van der Waals surface area contributed by atoms with Crippen molar-refractivity contribution in [2.45, 2.75) is 0 Å². The maximum atomic E-state index is 6.65. The highest BCUT2D eigenvalue weighted by molar-refractivity contribution is 6.15. The van der Waals surface area contributed by atoms with Crippen LogP contribution in [0.4, 0.5) is 34.1 Å². The second-order valence-corrected chi connectivity index (χ2v) is 29.2. The molecule has 534 valence electrons. The average Bonchev–Trinajstić information content (AvgIpc) is 1.54. The fourth-order valence-corrected chi connectivity index (χ4v) is 17.1. The maximum Gasteiger partial charge on any atom is 0.227 e. The van der Waals surface area contributed by atoms with Crippen molar-refractivity contribution in [3.05, 3.63) is 413 Å². The summed E-state index contributed by atoms with van der Waals surface area (Å²) in [5.41, 5.74) is 29.4. The molecule has 114 heavy (non-hydrogen) atoms. The van der Waals surface area contributed by atoms with E-state index in [4.69, 9.17) is 18.8 Å². The lowest BCUT2D eigenvalue weighted by Gasteiger charge is -2.26. The number of hydrogen-bond acceptors (Lipinski definition) is 6. The van der Waals surface area contributed by atoms with E-state index in [2.05, 4.69) is 365 Å². The standard InChI is InChI=1S/C106H68N6O2/c1-5-20-69(21-6-1)70-38-50-82(51-39-70)109(84-56-44-73(45-57-84)89-34-18-26-75-49-65-100-103(101(75)89)108-106(113-100)78-24-9-3-10-25-78)88-61-64-99-94(68-88)92-33-14-16-37-97(92)112(99)86-54-42-72(43-55-86)80-29-17-28-79(66-80)71-40-52-83(53-41-71)110(87-60-63-98-93(67-87)91-32-13-15-36-96(91)111(98)81-30-11-4-12-31-81)85-58-46-74(47-59-85)90-35-19-27-76-48-62-95-104(102(76)90)114-105(107-95)77-22-7-2-8-23-77/h1-68H. The Balaban J connectivity index is 0.588. The minimum Gasteiger partial charge on any atom is -0.436 e. The number of fused-ring (bicyclic) bond motifs is 12. The minimum atomic E-state index is 0.609. The van der Waals surface area contributed by atoms with E-state index in [1.807, 2.05) is 66.7 Å². The van der Waals surface area contributed by atoms with Crippen LogP contribution in [0.2, 0.25) is 0 Å². The fourth-order valence-electron chi connectivity index (χ4n) is 17.1. The first-order valence-electron chi connectivity index (χ1n) is 38.7. The molecular weight excluding hydrogens is 1390 g/mol. The van der Waals surface area contributed by atoms with E-state index >= 15 is 0 Å². The van der Waals surface area contributed by atoms with Crippen LogP contribution in [0, 0.1) is 0 Å². The van der Waals surface area contributed by atoms with Crippen LogP contribution < -0.4 is 9.80 Å². The lowest BCUT2D eigenvalue weighted by Crippen LogP contribution is -2.10. The van der Waals surface area contributed by atoms with E-state index in [0.29, 0.717) is 11.8 Å². The predicted molar refractivity (Wildman–Crippen MR) is 473 cm³/mol. The van der Waals surface area contributed by atoms with Gasteiger partial charge >= 0.3 is 0 Å². The number of rotatable bonds is 15. The van der Waals surface area contributed by atoms with Gasteiger partial charge in [-0.2, -0.15) is 0 Å². The molecule has 4 aromatic heterocycles. The first-order chi connectivity index (χ1) is 56.5. The first kappa shape index (κ1) is 65.7. The molecule has 0 unspecified atom stereocenters. The Bertz CT molecular complexity index is 7420. The highest BCUT2D eigenvalue weighted by Crippen LogP contribution is 2.47. The van der Waals surface area contributed by atoms with Crippen molar-refractivity contribution >= 4 is 121 Å². The molecule has 0 aliphatic rings. The summed E-state index contributed by atoms with van der Waals surface area (Å²) in [5.74, 6) is 1.22. The number of benzene rings is 18. The quantitative estimate of drug-likeness (QED) is 0.102. The van der Waals surface area contributed by atoms with Crippen LogP contribution in [0.1, 0.15) is 0 Å². The van der Waals surface area contributed by atoms with Gasteiger partial charge in [-0.15, -0.1) is 0 Å². The van der Waals surface area contributed by atoms with Crippen LogP contribution in [-0.2, 0) is 0 Å². The molecule has 22 aromatic rings. The second-order valence-electron chi connectivity index (χ2n) is 29.2. The third-order valence-electron chi connectivity index (χ3n) is 22.6. The van der Waals surface area contributed by atoms with Crippen LogP contribution in [0.3, 0.4) is 0 Å². The van der Waals surface area contributed by atoms with Gasteiger partial charge in [0.1, 0.15) is 11.0 Å². The minimum absolute atomic E-state index is 0.609. The van der Waals surface area contributed by atoms with Crippen molar-refractivity contribution in [2.24, 2.45) is 0 Å². The SMILES string of the molecule is c1ccc(-c2ccc(N(c3ccc(-c4cccc5ccc6oc(-c7ccccc7)nc6c45)cc3)c3ccc4c(c3)c3ccccc3n4-c3ccc(-c4cccc(-c5ccc(N(c6ccc(-c7cccc8ccc9nc(-c%10ccccc%10)oc9c78)cc6)c6ccc7c(c6)c6ccccc6n7-c6ccccc6)cc5)c4)cc3)cc2)cc1. The molecule has 0 radical (unpaired) electrons. The molecule has 0 fully saturated rings. The molecule has 0 saturated heterocycles. The van der Waals surface area contributed by atoms with Crippen LogP contribution in [0.25, 0.3) is 177 Å². The number of hydrogen-bond donors (Lipinski definition) is 0. The largest absolute Gasteiger partial charge is 0.436 e. The second kappa shape index (κ2) is 27.3. The predicted octanol–water partition coefficient (Wildman–Crippen LogP) is 29.1. The Hall–Kier alpha value is -15.4. The zero-order valence-electron chi connectivity index (χ0n) is 61.8. The molecule has 0 aliphatic carbocycles. The lowest BCUT2D eigenvalue weighted by molar-refractivity contribution is 0.620. The molecule has 0 amide bonds. The molecule has 0 atom stereocenters. The van der Waals surface area contributed by atoms with Gasteiger partial charge < -0.3 is 27.8 Å². The van der Waals surface area contributed by atoms with Gasteiger partial charge in [0.25, 0.3) is 0 Å². The summed E-state index contributed by atoms with van der Waals surface area (Å²) in [7, 11) is 0. The van der Waals surface area contributed by atoms with Crippen molar-refractivity contribution in [2.75, 3.05) is 9.80 Å². The smallest absolute Gasteiger partial charge is 0.227 e. The Kier molecular flexibility index (Phi) is 15.7. The summed E-state index contributed by atoms with van der Waals surface area (Å²) in [5, 5.41) is 9.02. The van der Waals surface area contributed by atoms with Crippen molar-refractivity contribution in [3.8, 4) is 89.9 Å². The van der Waals surface area contributed by atoms with Crippen molar-refractivity contribution in [3.63, 3.8) is 0 Å². The molecule has 18 aromatic carbocycles. The Morgan fingerprint density at radius 1 is 0.228 bits per heavy atom. The Morgan fingerprint density at radius 2 is 0.605 bits per heavy atom. The molecule has 8 nitrogen and oxygen atoms in total. The van der Waals surface area contributed by atoms with Crippen molar-refractivity contribution < 1.29 is 8.83 Å². The number of aromatic nitrogens is 4. The highest BCUT2D eigenvalue weighted by Gasteiger charge is 2.24. The highest BCUT2D eigenvalue weighted by atomic mass is 16.4. The number of anilines is 6. The van der Waals surface area contributed by atoms with Gasteiger partial charge in [0.15, 0.2) is 11.2 Å². The van der Waals surface area contributed by atoms with Gasteiger partial charge in [0.2, 0.25) is 11.8 Å². The van der Waals surface area contributed by atoms with Crippen LogP contribution in [0.5, 0.6) is 0 Å². The third-order valence-corrected chi connectivity index (χ3v) is 22.6. The zero-order chi connectivity index (χ0) is 75.2. The maximum absolute atomic E-state index is 6.65. The summed E-state index contributed by atoms with van der Waals surface area (Å²) in [6.45, 7) is 0. The molecule has 8 heteroatoms. The molecule has 4 heterocycles. The summed E-state index contributed by atoms with van der Waals surface area (Å²) in [6, 6.07) is 148. The summed E-state index contributed by atoms with van der Waals surface area (Å²) in [6.07, 6.45) is 0. The third kappa shape index (κ3) is 11.4. The van der Waals surface area contributed by atoms with Gasteiger partial charge in [0.05, 0.1) is 22.1 Å². The fraction of sp³-hybridized carbons (Fsp3) is 0. The molecule has 0 N–H and O–H groups in total.